The van der Waals surface area contributed by atoms with Crippen molar-refractivity contribution in [3.05, 3.63) is 79.6 Å². The third-order valence-electron chi connectivity index (χ3n) is 5.56. The van der Waals surface area contributed by atoms with E-state index < -0.39 is 11.4 Å². The van der Waals surface area contributed by atoms with Gasteiger partial charge in [-0.1, -0.05) is 41.4 Å². The molecule has 0 atom stereocenters. The fraction of sp³-hybridized carbons (Fsp3) is 0.304. The summed E-state index contributed by atoms with van der Waals surface area (Å²) in [6, 6.07) is 11.0. The minimum absolute atomic E-state index is 0.229. The monoisotopic (exact) mass is 460 g/mol. The van der Waals surface area contributed by atoms with Gasteiger partial charge in [0.25, 0.3) is 0 Å². The zero-order chi connectivity index (χ0) is 22.0. The number of ether oxygens (including phenoxy) is 1. The fourth-order valence-corrected chi connectivity index (χ4v) is 4.26. The van der Waals surface area contributed by atoms with Gasteiger partial charge in [-0.2, -0.15) is 0 Å². The highest BCUT2D eigenvalue weighted by molar-refractivity contribution is 6.42. The maximum absolute atomic E-state index is 12.9. The molecule has 1 aliphatic rings. The van der Waals surface area contributed by atoms with E-state index in [0.29, 0.717) is 47.1 Å². The van der Waals surface area contributed by atoms with Crippen LogP contribution in [0.25, 0.3) is 10.9 Å². The van der Waals surface area contributed by atoms with Crippen LogP contribution < -0.4 is 5.43 Å². The summed E-state index contributed by atoms with van der Waals surface area (Å²) in [5.74, 6) is -1.23. The Morgan fingerprint density at radius 2 is 1.87 bits per heavy atom. The molecule has 1 saturated heterocycles. The molecule has 31 heavy (non-hydrogen) atoms. The normalized spacial score (nSPS) is 14.8. The number of aromatic nitrogens is 1. The predicted octanol–water partition coefficient (Wildman–Crippen LogP) is 3.93. The Bertz CT molecular complexity index is 1190. The Kier molecular flexibility index (Phi) is 6.62. The molecule has 0 saturated carbocycles. The van der Waals surface area contributed by atoms with Crippen molar-refractivity contribution in [2.24, 2.45) is 0 Å². The molecular weight excluding hydrogens is 439 g/mol. The van der Waals surface area contributed by atoms with E-state index >= 15 is 0 Å². The van der Waals surface area contributed by atoms with Gasteiger partial charge in [0.15, 0.2) is 0 Å². The molecule has 1 aliphatic heterocycles. The molecular formula is C23H22Cl2N2O4. The van der Waals surface area contributed by atoms with E-state index in [2.05, 4.69) is 4.90 Å². The highest BCUT2D eigenvalue weighted by Gasteiger charge is 2.17. The van der Waals surface area contributed by atoms with Crippen LogP contribution in [0.2, 0.25) is 10.0 Å². The van der Waals surface area contributed by atoms with Crippen LogP contribution in [0.5, 0.6) is 0 Å². The van der Waals surface area contributed by atoms with E-state index in [1.165, 1.54) is 6.20 Å². The van der Waals surface area contributed by atoms with E-state index in [1.807, 2.05) is 28.8 Å². The molecule has 6 nitrogen and oxygen atoms in total. The number of benzene rings is 2. The number of nitrogens with zero attached hydrogens (tertiary/aromatic N) is 2. The van der Waals surface area contributed by atoms with Crippen molar-refractivity contribution in [2.45, 2.75) is 13.0 Å². The van der Waals surface area contributed by atoms with Crippen LogP contribution in [0.1, 0.15) is 21.5 Å². The lowest BCUT2D eigenvalue weighted by molar-refractivity contribution is 0.0365. The van der Waals surface area contributed by atoms with E-state index in [0.717, 1.165) is 30.8 Å². The first-order valence-corrected chi connectivity index (χ1v) is 10.8. The molecule has 0 amide bonds. The number of halogens is 2. The Hall–Kier alpha value is -2.38. The van der Waals surface area contributed by atoms with Gasteiger partial charge in [-0.05, 0) is 35.7 Å². The van der Waals surface area contributed by atoms with Crippen LogP contribution in [0.15, 0.2) is 47.4 Å². The number of pyridine rings is 1. The minimum atomic E-state index is -1.23. The number of fused-ring (bicyclic) bond motifs is 1. The minimum Gasteiger partial charge on any atom is -0.477 e. The lowest BCUT2D eigenvalue weighted by Crippen LogP contribution is -2.38. The highest BCUT2D eigenvalue weighted by Crippen LogP contribution is 2.28. The van der Waals surface area contributed by atoms with Crippen LogP contribution in [-0.4, -0.2) is 53.4 Å². The molecule has 0 radical (unpaired) electrons. The summed E-state index contributed by atoms with van der Waals surface area (Å²) < 4.78 is 7.23. The summed E-state index contributed by atoms with van der Waals surface area (Å²) >= 11 is 12.4. The van der Waals surface area contributed by atoms with Crippen LogP contribution in [0.3, 0.4) is 0 Å². The fourth-order valence-electron chi connectivity index (χ4n) is 3.87. The van der Waals surface area contributed by atoms with Crippen molar-refractivity contribution >= 4 is 40.1 Å². The van der Waals surface area contributed by atoms with Crippen LogP contribution in [0, 0.1) is 0 Å². The average molecular weight is 461 g/mol. The largest absolute Gasteiger partial charge is 0.477 e. The number of morpholine rings is 1. The van der Waals surface area contributed by atoms with Crippen LogP contribution in [0.4, 0.5) is 0 Å². The van der Waals surface area contributed by atoms with E-state index in [9.17, 15) is 14.7 Å². The second-order valence-electron chi connectivity index (χ2n) is 7.57. The molecule has 2 heterocycles. The standard InChI is InChI=1S/C23H22Cl2N2O4/c24-19-3-1-2-16(21(19)25)12-15-4-5-20-17(13-15)22(28)18(23(29)30)14-27(20)7-6-26-8-10-31-11-9-26/h1-5,13-14H,6-12H2,(H,29,30). The summed E-state index contributed by atoms with van der Waals surface area (Å²) in [7, 11) is 0. The Labute approximate surface area is 189 Å². The van der Waals surface area contributed by atoms with Crippen LogP contribution >= 0.6 is 23.2 Å². The summed E-state index contributed by atoms with van der Waals surface area (Å²) in [4.78, 5) is 26.9. The van der Waals surface area contributed by atoms with Gasteiger partial charge in [-0.25, -0.2) is 4.79 Å². The second-order valence-corrected chi connectivity index (χ2v) is 8.35. The Balaban J connectivity index is 1.71. The van der Waals surface area contributed by atoms with Gasteiger partial charge in [-0.15, -0.1) is 0 Å². The van der Waals surface area contributed by atoms with Crippen molar-refractivity contribution in [3.63, 3.8) is 0 Å². The van der Waals surface area contributed by atoms with Gasteiger partial charge in [0.2, 0.25) is 5.43 Å². The zero-order valence-electron chi connectivity index (χ0n) is 16.8. The molecule has 4 rings (SSSR count). The highest BCUT2D eigenvalue weighted by atomic mass is 35.5. The smallest absolute Gasteiger partial charge is 0.341 e. The second kappa shape index (κ2) is 9.40. The summed E-state index contributed by atoms with van der Waals surface area (Å²) in [5.41, 5.74) is 1.70. The number of hydrogen-bond acceptors (Lipinski definition) is 4. The zero-order valence-corrected chi connectivity index (χ0v) is 18.3. The van der Waals surface area contributed by atoms with E-state index in [1.54, 1.807) is 12.1 Å². The molecule has 0 aliphatic carbocycles. The average Bonchev–Trinajstić information content (AvgIpc) is 2.77. The predicted molar refractivity (Wildman–Crippen MR) is 122 cm³/mol. The van der Waals surface area contributed by atoms with Crippen molar-refractivity contribution in [1.29, 1.82) is 0 Å². The van der Waals surface area contributed by atoms with Gasteiger partial charge in [-0.3, -0.25) is 9.69 Å². The lowest BCUT2D eigenvalue weighted by atomic mass is 10.0. The third-order valence-corrected chi connectivity index (χ3v) is 6.42. The SMILES string of the molecule is O=C(O)c1cn(CCN2CCOCC2)c2ccc(Cc3cccc(Cl)c3Cl)cc2c1=O. The van der Waals surface area contributed by atoms with Crippen molar-refractivity contribution < 1.29 is 14.6 Å². The Morgan fingerprint density at radius 3 is 2.61 bits per heavy atom. The summed E-state index contributed by atoms with van der Waals surface area (Å²) in [5, 5.41) is 10.9. The summed E-state index contributed by atoms with van der Waals surface area (Å²) in [6.45, 7) is 4.40. The van der Waals surface area contributed by atoms with E-state index in [4.69, 9.17) is 27.9 Å². The number of aromatic carboxylic acids is 1. The molecule has 1 N–H and O–H groups in total. The maximum Gasteiger partial charge on any atom is 0.341 e. The molecule has 0 spiro atoms. The molecule has 8 heteroatoms. The van der Waals surface area contributed by atoms with Crippen molar-refractivity contribution in [2.75, 3.05) is 32.8 Å². The topological polar surface area (TPSA) is 71.8 Å². The van der Waals surface area contributed by atoms with Crippen molar-refractivity contribution in [3.8, 4) is 0 Å². The quantitative estimate of drug-likeness (QED) is 0.603. The number of rotatable bonds is 6. The molecule has 162 valence electrons. The first-order chi connectivity index (χ1) is 14.9. The molecule has 0 unspecified atom stereocenters. The molecule has 1 aromatic heterocycles. The molecule has 2 aromatic carbocycles. The van der Waals surface area contributed by atoms with Crippen molar-refractivity contribution in [1.82, 2.24) is 9.47 Å². The maximum atomic E-state index is 12.9. The molecule has 0 bridgehead atoms. The first-order valence-electron chi connectivity index (χ1n) is 10.1. The number of hydrogen-bond donors (Lipinski definition) is 1. The number of carboxylic acids is 1. The Morgan fingerprint density at radius 1 is 1.10 bits per heavy atom. The van der Waals surface area contributed by atoms with Gasteiger partial charge in [0, 0.05) is 37.8 Å². The van der Waals surface area contributed by atoms with Gasteiger partial charge in [0.05, 0.1) is 28.8 Å². The summed E-state index contributed by atoms with van der Waals surface area (Å²) in [6.07, 6.45) is 1.93. The number of carboxylic acid groups (broad SMARTS) is 1. The van der Waals surface area contributed by atoms with Gasteiger partial charge in [0.1, 0.15) is 5.56 Å². The number of carbonyl (C=O) groups is 1. The lowest BCUT2D eigenvalue weighted by Gasteiger charge is -2.27. The molecule has 1 fully saturated rings. The van der Waals surface area contributed by atoms with E-state index in [-0.39, 0.29) is 5.56 Å². The molecule has 3 aromatic rings. The van der Waals surface area contributed by atoms with Gasteiger partial charge < -0.3 is 14.4 Å². The first kappa shape index (κ1) is 21.8. The third kappa shape index (κ3) is 4.77. The van der Waals surface area contributed by atoms with Crippen LogP contribution in [-0.2, 0) is 17.7 Å². The van der Waals surface area contributed by atoms with Gasteiger partial charge >= 0.3 is 5.97 Å².